The zero-order valence-corrected chi connectivity index (χ0v) is 19.8. The average molecular weight is 463 g/mol. The Balaban J connectivity index is 1.37. The van der Waals surface area contributed by atoms with Crippen LogP contribution in [0.15, 0.2) is 53.3 Å². The van der Waals surface area contributed by atoms with Crippen molar-refractivity contribution < 1.29 is 9.53 Å². The Bertz CT molecular complexity index is 1380. The second-order valence-electron chi connectivity index (χ2n) is 8.32. The van der Waals surface area contributed by atoms with Crippen LogP contribution in [-0.4, -0.2) is 53.9 Å². The molecule has 1 amide bonds. The largest absolute Gasteiger partial charge is 0.497 e. The molecule has 5 rings (SSSR count). The van der Waals surface area contributed by atoms with E-state index in [1.54, 1.807) is 25.4 Å². The van der Waals surface area contributed by atoms with Gasteiger partial charge in [-0.2, -0.15) is 5.10 Å². The van der Waals surface area contributed by atoms with Crippen molar-refractivity contribution in [3.05, 3.63) is 64.6 Å². The minimum Gasteiger partial charge on any atom is -0.497 e. The maximum absolute atomic E-state index is 13.4. The molecule has 2 aromatic carbocycles. The van der Waals surface area contributed by atoms with E-state index in [-0.39, 0.29) is 11.5 Å². The van der Waals surface area contributed by atoms with Crippen molar-refractivity contribution in [3.63, 3.8) is 0 Å². The molecule has 0 radical (unpaired) electrons. The maximum Gasteiger partial charge on any atom is 0.276 e. The smallest absolute Gasteiger partial charge is 0.276 e. The minimum absolute atomic E-state index is 0.0720. The van der Waals surface area contributed by atoms with Crippen LogP contribution in [0.5, 0.6) is 5.75 Å². The maximum atomic E-state index is 13.4. The molecule has 1 saturated heterocycles. The first kappa shape index (κ1) is 21.5. The van der Waals surface area contributed by atoms with Crippen LogP contribution in [0, 0.1) is 6.92 Å². The minimum atomic E-state index is -0.660. The van der Waals surface area contributed by atoms with Crippen LogP contribution in [0.3, 0.4) is 0 Å². The number of benzene rings is 2. The first-order chi connectivity index (χ1) is 16.0. The van der Waals surface area contributed by atoms with Gasteiger partial charge in [0.1, 0.15) is 11.8 Å². The highest BCUT2D eigenvalue weighted by atomic mass is 32.1. The Morgan fingerprint density at radius 2 is 1.76 bits per heavy atom. The number of hydrogen-bond acceptors (Lipinski definition) is 6. The summed E-state index contributed by atoms with van der Waals surface area (Å²) >= 11 is 1.58. The quantitative estimate of drug-likeness (QED) is 0.461. The van der Waals surface area contributed by atoms with Gasteiger partial charge in [-0.05, 0) is 44.2 Å². The fourth-order valence-electron chi connectivity index (χ4n) is 4.49. The molecular weight excluding hydrogens is 436 g/mol. The van der Waals surface area contributed by atoms with Crippen molar-refractivity contribution >= 4 is 43.1 Å². The number of methoxy groups -OCH3 is 1. The SMILES string of the molecule is COc1ccc(N2CCN(C(=O)[C@@H](C)n3nc(C)c4sc5ccccc5c4c3=O)CC2)cc1. The number of fused-ring (bicyclic) bond motifs is 3. The highest BCUT2D eigenvalue weighted by Gasteiger charge is 2.28. The van der Waals surface area contributed by atoms with Crippen LogP contribution in [0.4, 0.5) is 5.69 Å². The van der Waals surface area contributed by atoms with E-state index in [0.717, 1.165) is 45.0 Å². The second kappa shape index (κ2) is 8.51. The van der Waals surface area contributed by atoms with E-state index in [1.165, 1.54) is 4.68 Å². The molecule has 0 spiro atoms. The van der Waals surface area contributed by atoms with Gasteiger partial charge < -0.3 is 14.5 Å². The predicted molar refractivity (Wildman–Crippen MR) is 133 cm³/mol. The van der Waals surface area contributed by atoms with Gasteiger partial charge in [-0.3, -0.25) is 9.59 Å². The van der Waals surface area contributed by atoms with E-state index in [4.69, 9.17) is 4.74 Å². The number of anilines is 1. The van der Waals surface area contributed by atoms with Crippen LogP contribution < -0.4 is 15.2 Å². The van der Waals surface area contributed by atoms with E-state index in [1.807, 2.05) is 60.4 Å². The van der Waals surface area contributed by atoms with E-state index < -0.39 is 6.04 Å². The molecule has 0 N–H and O–H groups in total. The third kappa shape index (κ3) is 3.74. The van der Waals surface area contributed by atoms with Crippen molar-refractivity contribution in [2.45, 2.75) is 19.9 Å². The molecule has 4 aromatic rings. The number of aromatic nitrogens is 2. The number of rotatable bonds is 4. The summed E-state index contributed by atoms with van der Waals surface area (Å²) in [6, 6.07) is 15.2. The lowest BCUT2D eigenvalue weighted by Gasteiger charge is -2.37. The molecule has 0 saturated carbocycles. The second-order valence-corrected chi connectivity index (χ2v) is 9.38. The average Bonchev–Trinajstić information content (AvgIpc) is 3.26. The number of hydrogen-bond donors (Lipinski definition) is 0. The number of nitrogens with zero attached hydrogens (tertiary/aromatic N) is 4. The topological polar surface area (TPSA) is 67.7 Å². The number of aryl methyl sites for hydroxylation is 1. The van der Waals surface area contributed by atoms with Gasteiger partial charge in [-0.15, -0.1) is 11.3 Å². The molecule has 1 aliphatic heterocycles. The molecule has 33 heavy (non-hydrogen) atoms. The zero-order chi connectivity index (χ0) is 23.1. The van der Waals surface area contributed by atoms with Gasteiger partial charge in [-0.25, -0.2) is 4.68 Å². The highest BCUT2D eigenvalue weighted by Crippen LogP contribution is 2.33. The van der Waals surface area contributed by atoms with Gasteiger partial charge in [-0.1, -0.05) is 18.2 Å². The Labute approximate surface area is 195 Å². The summed E-state index contributed by atoms with van der Waals surface area (Å²) in [7, 11) is 1.65. The van der Waals surface area contributed by atoms with Crippen LogP contribution in [0.1, 0.15) is 18.7 Å². The Morgan fingerprint density at radius 1 is 1.06 bits per heavy atom. The molecule has 3 heterocycles. The molecule has 2 aromatic heterocycles. The summed E-state index contributed by atoms with van der Waals surface area (Å²) in [6.07, 6.45) is 0. The molecule has 0 unspecified atom stereocenters. The Hall–Kier alpha value is -3.39. The summed E-state index contributed by atoms with van der Waals surface area (Å²) in [4.78, 5) is 30.8. The summed E-state index contributed by atoms with van der Waals surface area (Å²) < 4.78 is 8.55. The third-order valence-corrected chi connectivity index (χ3v) is 7.64. The van der Waals surface area contributed by atoms with Crippen LogP contribution in [-0.2, 0) is 4.79 Å². The number of carbonyl (C=O) groups is 1. The number of amides is 1. The van der Waals surface area contributed by atoms with Gasteiger partial charge in [0.15, 0.2) is 0 Å². The van der Waals surface area contributed by atoms with E-state index in [9.17, 15) is 9.59 Å². The monoisotopic (exact) mass is 462 g/mol. The first-order valence-corrected chi connectivity index (χ1v) is 11.9. The standard InChI is InChI=1S/C25H26N4O3S/c1-16-23-22(20-6-4-5-7-21(20)33-23)25(31)29(26-16)17(2)24(30)28-14-12-27(13-15-28)18-8-10-19(32-3)11-9-18/h4-11,17H,12-15H2,1-3H3/t17-/m1/s1. The zero-order valence-electron chi connectivity index (χ0n) is 18.9. The molecular formula is C25H26N4O3S. The predicted octanol–water partition coefficient (Wildman–Crippen LogP) is 3.84. The van der Waals surface area contributed by atoms with E-state index in [2.05, 4.69) is 10.00 Å². The van der Waals surface area contributed by atoms with Crippen molar-refractivity contribution in [2.24, 2.45) is 0 Å². The first-order valence-electron chi connectivity index (χ1n) is 11.1. The summed E-state index contributed by atoms with van der Waals surface area (Å²) in [6.45, 7) is 6.35. The van der Waals surface area contributed by atoms with Crippen LogP contribution in [0.2, 0.25) is 0 Å². The Kier molecular flexibility index (Phi) is 5.54. The van der Waals surface area contributed by atoms with Crippen molar-refractivity contribution in [2.75, 3.05) is 38.2 Å². The highest BCUT2D eigenvalue weighted by molar-refractivity contribution is 7.26. The van der Waals surface area contributed by atoms with Gasteiger partial charge in [0.2, 0.25) is 5.91 Å². The van der Waals surface area contributed by atoms with Crippen LogP contribution in [0.25, 0.3) is 20.2 Å². The molecule has 1 fully saturated rings. The lowest BCUT2D eigenvalue weighted by molar-refractivity contribution is -0.135. The van der Waals surface area contributed by atoms with Crippen molar-refractivity contribution in [1.82, 2.24) is 14.7 Å². The summed E-state index contributed by atoms with van der Waals surface area (Å²) in [5, 5.41) is 6.12. The Morgan fingerprint density at radius 3 is 2.45 bits per heavy atom. The van der Waals surface area contributed by atoms with Gasteiger partial charge in [0.25, 0.3) is 5.56 Å². The fourth-order valence-corrected chi connectivity index (χ4v) is 5.62. The number of ether oxygens (including phenoxy) is 1. The molecule has 8 heteroatoms. The van der Waals surface area contributed by atoms with Gasteiger partial charge in [0.05, 0.1) is 22.9 Å². The molecule has 1 aliphatic rings. The lowest BCUT2D eigenvalue weighted by Crippen LogP contribution is -2.51. The van der Waals surface area contributed by atoms with Gasteiger partial charge in [0, 0.05) is 42.0 Å². The van der Waals surface area contributed by atoms with Gasteiger partial charge >= 0.3 is 0 Å². The number of thiophene rings is 1. The van der Waals surface area contributed by atoms with Crippen molar-refractivity contribution in [3.8, 4) is 5.75 Å². The van der Waals surface area contributed by atoms with Crippen molar-refractivity contribution in [1.29, 1.82) is 0 Å². The normalized spacial score (nSPS) is 15.2. The number of piperazine rings is 1. The molecule has 0 aliphatic carbocycles. The van der Waals surface area contributed by atoms with Crippen LogP contribution >= 0.6 is 11.3 Å². The molecule has 0 bridgehead atoms. The van der Waals surface area contributed by atoms with E-state index in [0.29, 0.717) is 18.5 Å². The fraction of sp³-hybridized carbons (Fsp3) is 0.320. The molecule has 170 valence electrons. The summed E-state index contributed by atoms with van der Waals surface area (Å²) in [5.74, 6) is 0.752. The summed E-state index contributed by atoms with van der Waals surface area (Å²) in [5.41, 5.74) is 1.68. The van der Waals surface area contributed by atoms with E-state index >= 15 is 0 Å². The third-order valence-electron chi connectivity index (χ3n) is 6.36. The molecule has 1 atom stereocenters. The molecule has 7 nitrogen and oxygen atoms in total. The number of carbonyl (C=O) groups excluding carboxylic acids is 1. The lowest BCUT2D eigenvalue weighted by atomic mass is 10.1.